The van der Waals surface area contributed by atoms with E-state index in [-0.39, 0.29) is 6.54 Å². The summed E-state index contributed by atoms with van der Waals surface area (Å²) in [4.78, 5) is 13.6. The van der Waals surface area contributed by atoms with Crippen LogP contribution < -0.4 is 5.73 Å². The Morgan fingerprint density at radius 1 is 1.70 bits per heavy atom. The molecule has 0 fully saturated rings. The number of nitrogens with zero attached hydrogens (tertiary/aromatic N) is 2. The molecule has 0 aliphatic carbocycles. The monoisotopic (exact) mass is 137 g/mol. The average molecular weight is 137 g/mol. The molecule has 0 bridgehead atoms. The summed E-state index contributed by atoms with van der Waals surface area (Å²) in [5.41, 5.74) is 6.07. The third kappa shape index (κ3) is 1.28. The molecule has 2 N–H and O–H groups in total. The van der Waals surface area contributed by atoms with Crippen molar-refractivity contribution in [2.45, 2.75) is 6.54 Å². The van der Waals surface area contributed by atoms with E-state index in [0.29, 0.717) is 11.4 Å². The van der Waals surface area contributed by atoms with Crippen molar-refractivity contribution in [3.63, 3.8) is 0 Å². The molecular formula is C6H7N3O. The van der Waals surface area contributed by atoms with E-state index in [2.05, 4.69) is 10.2 Å². The van der Waals surface area contributed by atoms with E-state index in [1.165, 1.54) is 0 Å². The highest BCUT2D eigenvalue weighted by molar-refractivity contribution is 5.38. The zero-order chi connectivity index (χ0) is 7.40. The largest absolute Gasteiger partial charge is 0.383 e. The summed E-state index contributed by atoms with van der Waals surface area (Å²) in [6, 6.07) is 3.45. The molecule has 0 spiro atoms. The third-order valence-electron chi connectivity index (χ3n) is 1.16. The van der Waals surface area contributed by atoms with E-state index >= 15 is 0 Å². The molecule has 4 heteroatoms. The van der Waals surface area contributed by atoms with Gasteiger partial charge in [0.1, 0.15) is 12.4 Å². The van der Waals surface area contributed by atoms with Crippen LogP contribution in [0.3, 0.4) is 0 Å². The topological polar surface area (TPSA) is 68.3 Å². The Kier molecular flexibility index (Phi) is 1.94. The number of hydrogen-bond donors (Lipinski definition) is 1. The highest BCUT2D eigenvalue weighted by Crippen LogP contribution is 2.06. The van der Waals surface area contributed by atoms with Crippen molar-refractivity contribution < 1.29 is 0 Å². The van der Waals surface area contributed by atoms with Gasteiger partial charge in [0, 0.05) is 11.8 Å². The molecular weight excluding hydrogens is 130 g/mol. The number of nitrogen functional groups attached to an aromatic ring is 1. The van der Waals surface area contributed by atoms with Gasteiger partial charge in [-0.15, -0.1) is 0 Å². The summed E-state index contributed by atoms with van der Waals surface area (Å²) in [5.74, 6) is 0.377. The molecule has 0 radical (unpaired) electrons. The Morgan fingerprint density at radius 2 is 2.50 bits per heavy atom. The zero-order valence-corrected chi connectivity index (χ0v) is 5.32. The highest BCUT2D eigenvalue weighted by atomic mass is 16.3. The van der Waals surface area contributed by atoms with E-state index in [9.17, 15) is 4.91 Å². The van der Waals surface area contributed by atoms with Gasteiger partial charge in [0.2, 0.25) is 0 Å². The fourth-order valence-corrected chi connectivity index (χ4v) is 0.654. The smallest absolute Gasteiger partial charge is 0.128 e. The Morgan fingerprint density at radius 3 is 3.10 bits per heavy atom. The number of pyridine rings is 1. The third-order valence-corrected chi connectivity index (χ3v) is 1.16. The van der Waals surface area contributed by atoms with Crippen molar-refractivity contribution in [1.82, 2.24) is 4.98 Å². The predicted molar refractivity (Wildman–Crippen MR) is 38.1 cm³/mol. The van der Waals surface area contributed by atoms with Crippen LogP contribution in [0.5, 0.6) is 0 Å². The molecule has 0 saturated heterocycles. The summed E-state index contributed by atoms with van der Waals surface area (Å²) < 4.78 is 0. The lowest BCUT2D eigenvalue weighted by atomic mass is 10.3. The maximum absolute atomic E-state index is 9.79. The molecule has 0 amide bonds. The highest BCUT2D eigenvalue weighted by Gasteiger charge is 1.96. The van der Waals surface area contributed by atoms with Crippen molar-refractivity contribution in [3.8, 4) is 0 Å². The zero-order valence-electron chi connectivity index (χ0n) is 5.32. The molecule has 0 atom stereocenters. The minimum absolute atomic E-state index is 0.0969. The quantitative estimate of drug-likeness (QED) is 0.616. The molecule has 1 rings (SSSR count). The summed E-state index contributed by atoms with van der Waals surface area (Å²) in [7, 11) is 0. The van der Waals surface area contributed by atoms with Gasteiger partial charge in [-0.1, -0.05) is 11.2 Å². The second kappa shape index (κ2) is 2.91. The van der Waals surface area contributed by atoms with Crippen molar-refractivity contribution in [2.24, 2.45) is 5.18 Å². The molecule has 0 unspecified atom stereocenters. The number of nitrogens with two attached hydrogens (primary N) is 1. The lowest BCUT2D eigenvalue weighted by molar-refractivity contribution is 1.04. The SMILES string of the molecule is Nc1ncccc1CN=O. The summed E-state index contributed by atoms with van der Waals surface area (Å²) in [5, 5.41) is 2.70. The second-order valence-corrected chi connectivity index (χ2v) is 1.83. The van der Waals surface area contributed by atoms with Crippen molar-refractivity contribution in [2.75, 3.05) is 5.73 Å². The number of hydrogen-bond acceptors (Lipinski definition) is 4. The molecule has 0 aliphatic rings. The van der Waals surface area contributed by atoms with Crippen LogP contribution in [0.15, 0.2) is 23.5 Å². The normalized spacial score (nSPS) is 9.20. The lowest BCUT2D eigenvalue weighted by Gasteiger charge is -1.95. The van der Waals surface area contributed by atoms with Crippen LogP contribution in [0.2, 0.25) is 0 Å². The molecule has 1 heterocycles. The number of anilines is 1. The first-order valence-corrected chi connectivity index (χ1v) is 2.83. The molecule has 0 aromatic carbocycles. The van der Waals surface area contributed by atoms with Crippen LogP contribution in [0.25, 0.3) is 0 Å². The Bertz CT molecular complexity index is 236. The maximum Gasteiger partial charge on any atom is 0.128 e. The van der Waals surface area contributed by atoms with E-state index in [0.717, 1.165) is 0 Å². The van der Waals surface area contributed by atoms with Gasteiger partial charge < -0.3 is 5.73 Å². The molecule has 1 aromatic heterocycles. The first-order valence-electron chi connectivity index (χ1n) is 2.83. The van der Waals surface area contributed by atoms with E-state index in [1.807, 2.05) is 0 Å². The predicted octanol–water partition coefficient (Wildman–Crippen LogP) is 0.930. The van der Waals surface area contributed by atoms with E-state index in [1.54, 1.807) is 18.3 Å². The Hall–Kier alpha value is -1.45. The first kappa shape index (κ1) is 6.67. The van der Waals surface area contributed by atoms with Crippen LogP contribution in [-0.4, -0.2) is 4.98 Å². The summed E-state index contributed by atoms with van der Waals surface area (Å²) >= 11 is 0. The van der Waals surface area contributed by atoms with Crippen molar-refractivity contribution in [1.29, 1.82) is 0 Å². The van der Waals surface area contributed by atoms with Crippen LogP contribution in [0.4, 0.5) is 5.82 Å². The van der Waals surface area contributed by atoms with E-state index < -0.39 is 0 Å². The molecule has 0 saturated carbocycles. The number of rotatable bonds is 2. The fourth-order valence-electron chi connectivity index (χ4n) is 0.654. The Labute approximate surface area is 58.1 Å². The van der Waals surface area contributed by atoms with Crippen molar-refractivity contribution >= 4 is 5.82 Å². The van der Waals surface area contributed by atoms with Gasteiger partial charge in [-0.3, -0.25) is 0 Å². The lowest BCUT2D eigenvalue weighted by Crippen LogP contribution is -1.94. The van der Waals surface area contributed by atoms with Gasteiger partial charge in [0.25, 0.3) is 0 Å². The van der Waals surface area contributed by atoms with E-state index in [4.69, 9.17) is 5.73 Å². The van der Waals surface area contributed by atoms with Gasteiger partial charge in [-0.05, 0) is 6.07 Å². The van der Waals surface area contributed by atoms with Crippen molar-refractivity contribution in [3.05, 3.63) is 28.8 Å². The van der Waals surface area contributed by atoms with Gasteiger partial charge >= 0.3 is 0 Å². The Balaban J connectivity index is 2.91. The fraction of sp³-hybridized carbons (Fsp3) is 0.167. The minimum Gasteiger partial charge on any atom is -0.383 e. The van der Waals surface area contributed by atoms with Gasteiger partial charge in [-0.2, -0.15) is 4.91 Å². The van der Waals surface area contributed by atoms with Crippen LogP contribution in [0, 0.1) is 4.91 Å². The van der Waals surface area contributed by atoms with Gasteiger partial charge in [0.05, 0.1) is 0 Å². The van der Waals surface area contributed by atoms with Crippen LogP contribution in [-0.2, 0) is 6.54 Å². The van der Waals surface area contributed by atoms with Crippen LogP contribution in [0.1, 0.15) is 5.56 Å². The molecule has 52 valence electrons. The minimum atomic E-state index is 0.0969. The molecule has 1 aromatic rings. The number of aromatic nitrogens is 1. The van der Waals surface area contributed by atoms with Gasteiger partial charge in [0.15, 0.2) is 0 Å². The number of nitroso groups, excluding NO2 is 1. The summed E-state index contributed by atoms with van der Waals surface area (Å²) in [6.07, 6.45) is 1.57. The average Bonchev–Trinajstić information content (AvgIpc) is 1.94. The maximum atomic E-state index is 9.79. The summed E-state index contributed by atoms with van der Waals surface area (Å²) in [6.45, 7) is 0.0969. The molecule has 10 heavy (non-hydrogen) atoms. The molecule has 0 aliphatic heterocycles. The first-order chi connectivity index (χ1) is 4.84. The van der Waals surface area contributed by atoms with Gasteiger partial charge in [-0.25, -0.2) is 4.98 Å². The molecule has 4 nitrogen and oxygen atoms in total. The van der Waals surface area contributed by atoms with Crippen LogP contribution >= 0.6 is 0 Å². The standard InChI is InChI=1S/C6H7N3O/c7-6-5(4-9-10)2-1-3-8-6/h1-3H,4H2,(H2,7,8). The second-order valence-electron chi connectivity index (χ2n) is 1.83.